The van der Waals surface area contributed by atoms with Gasteiger partial charge in [0.15, 0.2) is 5.82 Å². The zero-order chi connectivity index (χ0) is 14.7. The summed E-state index contributed by atoms with van der Waals surface area (Å²) in [6.45, 7) is 3.12. The molecule has 1 aromatic carbocycles. The van der Waals surface area contributed by atoms with Gasteiger partial charge in [0.05, 0.1) is 7.05 Å². The molecule has 5 heteroatoms. The molecule has 3 rings (SSSR count). The summed E-state index contributed by atoms with van der Waals surface area (Å²) in [7, 11) is 1.81. The number of nitrogens with zero attached hydrogens (tertiary/aromatic N) is 4. The largest absolute Gasteiger partial charge is 0.313 e. The van der Waals surface area contributed by atoms with Gasteiger partial charge in [-0.25, -0.2) is 0 Å². The lowest BCUT2D eigenvalue weighted by Gasteiger charge is -2.48. The number of nitrogens with one attached hydrogen (secondary N) is 1. The van der Waals surface area contributed by atoms with Crippen molar-refractivity contribution >= 4 is 0 Å². The molecule has 0 amide bonds. The molecule has 1 aliphatic rings. The van der Waals surface area contributed by atoms with Gasteiger partial charge in [0.25, 0.3) is 0 Å². The Morgan fingerprint density at radius 2 is 2.05 bits per heavy atom. The van der Waals surface area contributed by atoms with Crippen molar-refractivity contribution in [2.75, 3.05) is 6.54 Å². The first-order chi connectivity index (χ1) is 10.2. The van der Waals surface area contributed by atoms with E-state index in [9.17, 15) is 0 Å². The predicted molar refractivity (Wildman–Crippen MR) is 81.9 cm³/mol. The summed E-state index contributed by atoms with van der Waals surface area (Å²) in [5.41, 5.74) is 1.65. The number of tetrazole rings is 1. The molecule has 5 nitrogen and oxygen atoms in total. The van der Waals surface area contributed by atoms with Gasteiger partial charge in [0.2, 0.25) is 0 Å². The number of aryl methyl sites for hydroxylation is 1. The Bertz CT molecular complexity index is 573. The summed E-state index contributed by atoms with van der Waals surface area (Å²) in [6, 6.07) is 11.2. The Morgan fingerprint density at radius 1 is 1.29 bits per heavy atom. The van der Waals surface area contributed by atoms with Gasteiger partial charge in [0, 0.05) is 17.9 Å². The molecular formula is C16H23N5. The number of rotatable bonds is 6. The zero-order valence-electron chi connectivity index (χ0n) is 12.8. The lowest BCUT2D eigenvalue weighted by atomic mass is 9.59. The monoisotopic (exact) mass is 285 g/mol. The number of likely N-dealkylation sites (N-methyl/N-ethyl adjacent to an activating group) is 1. The highest BCUT2D eigenvalue weighted by Crippen LogP contribution is 2.47. The zero-order valence-corrected chi connectivity index (χ0v) is 12.8. The van der Waals surface area contributed by atoms with E-state index in [0.717, 1.165) is 18.8 Å². The first kappa shape index (κ1) is 14.2. The molecule has 1 aliphatic carbocycles. The van der Waals surface area contributed by atoms with E-state index in [1.54, 1.807) is 0 Å². The quantitative estimate of drug-likeness (QED) is 0.880. The van der Waals surface area contributed by atoms with Gasteiger partial charge in [-0.15, -0.1) is 10.2 Å². The van der Waals surface area contributed by atoms with E-state index in [1.165, 1.54) is 29.6 Å². The minimum atomic E-state index is 0.219. The second kappa shape index (κ2) is 5.93. The Balaban J connectivity index is 1.87. The van der Waals surface area contributed by atoms with Gasteiger partial charge in [-0.1, -0.05) is 43.7 Å². The van der Waals surface area contributed by atoms with E-state index in [-0.39, 0.29) is 5.41 Å². The fourth-order valence-corrected chi connectivity index (χ4v) is 3.46. The van der Waals surface area contributed by atoms with E-state index in [0.29, 0.717) is 6.04 Å². The molecule has 0 bridgehead atoms. The van der Waals surface area contributed by atoms with Crippen LogP contribution in [0.25, 0.3) is 0 Å². The van der Waals surface area contributed by atoms with Crippen LogP contribution >= 0.6 is 0 Å². The van der Waals surface area contributed by atoms with Crippen LogP contribution in [0.5, 0.6) is 0 Å². The van der Waals surface area contributed by atoms with E-state index >= 15 is 0 Å². The van der Waals surface area contributed by atoms with Crippen molar-refractivity contribution in [3.8, 4) is 0 Å². The average molecular weight is 285 g/mol. The summed E-state index contributed by atoms with van der Waals surface area (Å²) < 4.78 is 0. The Hall–Kier alpha value is -1.75. The minimum Gasteiger partial charge on any atom is -0.313 e. The molecule has 21 heavy (non-hydrogen) atoms. The SMILES string of the molecule is CCNC(Cc1nnn(C)n1)C1(c2ccccc2)CCC1. The van der Waals surface area contributed by atoms with Gasteiger partial charge in [0.1, 0.15) is 0 Å². The van der Waals surface area contributed by atoms with Crippen LogP contribution in [0.3, 0.4) is 0 Å². The van der Waals surface area contributed by atoms with Crippen molar-refractivity contribution in [3.05, 3.63) is 41.7 Å². The predicted octanol–water partition coefficient (Wildman–Crippen LogP) is 1.85. The summed E-state index contributed by atoms with van der Waals surface area (Å²) in [5, 5.41) is 16.1. The molecule has 1 N–H and O–H groups in total. The fraction of sp³-hybridized carbons (Fsp3) is 0.562. The Morgan fingerprint density at radius 3 is 2.57 bits per heavy atom. The molecule has 2 aromatic rings. The highest BCUT2D eigenvalue weighted by molar-refractivity contribution is 5.31. The number of hydrogen-bond donors (Lipinski definition) is 1. The van der Waals surface area contributed by atoms with Crippen molar-refractivity contribution in [2.45, 2.75) is 44.1 Å². The summed E-state index contributed by atoms with van der Waals surface area (Å²) >= 11 is 0. The van der Waals surface area contributed by atoms with Crippen LogP contribution in [-0.2, 0) is 18.9 Å². The summed E-state index contributed by atoms with van der Waals surface area (Å²) in [4.78, 5) is 1.54. The normalized spacial score (nSPS) is 18.2. The van der Waals surface area contributed by atoms with E-state index < -0.39 is 0 Å². The molecule has 1 saturated carbocycles. The molecule has 1 heterocycles. The molecule has 0 spiro atoms. The fourth-order valence-electron chi connectivity index (χ4n) is 3.46. The van der Waals surface area contributed by atoms with Gasteiger partial charge in [-0.2, -0.15) is 4.80 Å². The molecule has 0 saturated heterocycles. The van der Waals surface area contributed by atoms with Crippen molar-refractivity contribution in [1.29, 1.82) is 0 Å². The first-order valence-electron chi connectivity index (χ1n) is 7.76. The van der Waals surface area contributed by atoms with Gasteiger partial charge in [-0.05, 0) is 30.2 Å². The lowest BCUT2D eigenvalue weighted by Crippen LogP contribution is -2.54. The highest BCUT2D eigenvalue weighted by atomic mass is 15.6. The van der Waals surface area contributed by atoms with Crippen LogP contribution in [0.15, 0.2) is 30.3 Å². The maximum absolute atomic E-state index is 4.35. The second-order valence-corrected chi connectivity index (χ2v) is 5.89. The minimum absolute atomic E-state index is 0.219. The van der Waals surface area contributed by atoms with Crippen molar-refractivity contribution in [3.63, 3.8) is 0 Å². The highest BCUT2D eigenvalue weighted by Gasteiger charge is 2.45. The third-order valence-electron chi connectivity index (χ3n) is 4.65. The van der Waals surface area contributed by atoms with Crippen LogP contribution < -0.4 is 5.32 Å². The van der Waals surface area contributed by atoms with Crippen molar-refractivity contribution in [2.24, 2.45) is 7.05 Å². The lowest BCUT2D eigenvalue weighted by molar-refractivity contribution is 0.167. The molecule has 0 aliphatic heterocycles. The van der Waals surface area contributed by atoms with Gasteiger partial charge >= 0.3 is 0 Å². The number of aromatic nitrogens is 4. The van der Waals surface area contributed by atoms with Crippen LogP contribution in [0.1, 0.15) is 37.6 Å². The molecule has 1 aromatic heterocycles. The van der Waals surface area contributed by atoms with Gasteiger partial charge < -0.3 is 5.32 Å². The van der Waals surface area contributed by atoms with Crippen molar-refractivity contribution < 1.29 is 0 Å². The van der Waals surface area contributed by atoms with Crippen molar-refractivity contribution in [1.82, 2.24) is 25.5 Å². The topological polar surface area (TPSA) is 55.6 Å². The van der Waals surface area contributed by atoms with Crippen LogP contribution in [0, 0.1) is 0 Å². The number of hydrogen-bond acceptors (Lipinski definition) is 4. The summed E-state index contributed by atoms with van der Waals surface area (Å²) in [6.07, 6.45) is 4.59. The van der Waals surface area contributed by atoms with Gasteiger partial charge in [-0.3, -0.25) is 0 Å². The maximum atomic E-state index is 4.35. The van der Waals surface area contributed by atoms with Crippen LogP contribution in [-0.4, -0.2) is 32.8 Å². The third kappa shape index (κ3) is 2.70. The third-order valence-corrected chi connectivity index (χ3v) is 4.65. The van der Waals surface area contributed by atoms with Crippen LogP contribution in [0.2, 0.25) is 0 Å². The second-order valence-electron chi connectivity index (χ2n) is 5.89. The smallest absolute Gasteiger partial charge is 0.176 e. The molecular weight excluding hydrogens is 262 g/mol. The number of benzene rings is 1. The van der Waals surface area contributed by atoms with E-state index in [4.69, 9.17) is 0 Å². The Labute approximate surface area is 125 Å². The molecule has 1 atom stereocenters. The molecule has 1 unspecified atom stereocenters. The standard InChI is InChI=1S/C16H23N5/c1-3-17-14(12-15-18-20-21(2)19-15)16(10-7-11-16)13-8-5-4-6-9-13/h4-6,8-9,14,17H,3,7,10-12H2,1-2H3. The average Bonchev–Trinajstić information content (AvgIpc) is 2.84. The molecule has 0 radical (unpaired) electrons. The van der Waals surface area contributed by atoms with Crippen LogP contribution in [0.4, 0.5) is 0 Å². The first-order valence-corrected chi connectivity index (χ1v) is 7.76. The van der Waals surface area contributed by atoms with E-state index in [1.807, 2.05) is 7.05 Å². The van der Waals surface area contributed by atoms with E-state index in [2.05, 4.69) is 58.0 Å². The maximum Gasteiger partial charge on any atom is 0.176 e. The molecule has 1 fully saturated rings. The molecule has 112 valence electrons. The summed E-state index contributed by atoms with van der Waals surface area (Å²) in [5.74, 6) is 0.825. The Kier molecular flexibility index (Phi) is 4.01.